The maximum Gasteiger partial charge on any atom is 0.165 e. The molecule has 0 atom stereocenters. The molecule has 0 saturated carbocycles. The van der Waals surface area contributed by atoms with Crippen molar-refractivity contribution in [2.24, 2.45) is 0 Å². The Balaban J connectivity index is 1.72. The smallest absolute Gasteiger partial charge is 0.165 e. The molecule has 3 heteroatoms. The molecule has 3 rings (SSSR count). The molecule has 0 spiro atoms. The zero-order chi connectivity index (χ0) is 15.2. The van der Waals surface area contributed by atoms with E-state index in [9.17, 15) is 4.39 Å². The quantitative estimate of drug-likeness (QED) is 0.644. The van der Waals surface area contributed by atoms with Crippen LogP contribution in [0.2, 0.25) is 0 Å². The van der Waals surface area contributed by atoms with Crippen molar-refractivity contribution in [2.45, 2.75) is 6.61 Å². The second kappa shape index (κ2) is 6.76. The second-order valence-electron chi connectivity index (χ2n) is 4.78. The van der Waals surface area contributed by atoms with Crippen molar-refractivity contribution in [3.05, 3.63) is 90.2 Å². The van der Waals surface area contributed by atoms with Gasteiger partial charge in [-0.25, -0.2) is 4.39 Å². The summed E-state index contributed by atoms with van der Waals surface area (Å²) in [7, 11) is 0. The summed E-state index contributed by atoms with van der Waals surface area (Å²) in [5, 5.41) is 0. The highest BCUT2D eigenvalue weighted by Crippen LogP contribution is 2.25. The molecule has 0 bridgehead atoms. The zero-order valence-corrected chi connectivity index (χ0v) is 11.9. The van der Waals surface area contributed by atoms with E-state index in [1.807, 2.05) is 48.5 Å². The molecule has 22 heavy (non-hydrogen) atoms. The number of ether oxygens (including phenoxy) is 2. The van der Waals surface area contributed by atoms with Gasteiger partial charge in [0, 0.05) is 0 Å². The average Bonchev–Trinajstić information content (AvgIpc) is 2.57. The van der Waals surface area contributed by atoms with Gasteiger partial charge in [0.15, 0.2) is 11.6 Å². The molecule has 0 heterocycles. The van der Waals surface area contributed by atoms with Crippen LogP contribution in [0.15, 0.2) is 78.9 Å². The Bertz CT molecular complexity index is 727. The minimum atomic E-state index is -0.396. The van der Waals surface area contributed by atoms with Crippen LogP contribution in [0.3, 0.4) is 0 Å². The van der Waals surface area contributed by atoms with E-state index in [1.54, 1.807) is 24.3 Å². The lowest BCUT2D eigenvalue weighted by Crippen LogP contribution is -1.97. The maximum absolute atomic E-state index is 13.9. The lowest BCUT2D eigenvalue weighted by molar-refractivity contribution is 0.305. The van der Waals surface area contributed by atoms with Crippen molar-refractivity contribution in [1.82, 2.24) is 0 Å². The molecule has 0 aliphatic carbocycles. The molecule has 110 valence electrons. The van der Waals surface area contributed by atoms with E-state index in [-0.39, 0.29) is 5.75 Å². The van der Waals surface area contributed by atoms with Gasteiger partial charge in [-0.2, -0.15) is 0 Å². The normalized spacial score (nSPS) is 10.2. The summed E-state index contributed by atoms with van der Waals surface area (Å²) in [4.78, 5) is 0. The number of hydrogen-bond acceptors (Lipinski definition) is 2. The summed E-state index contributed by atoms with van der Waals surface area (Å²) in [5.41, 5.74) is 0.844. The van der Waals surface area contributed by atoms with Gasteiger partial charge >= 0.3 is 0 Å². The van der Waals surface area contributed by atoms with Crippen molar-refractivity contribution in [3.8, 4) is 17.2 Å². The third-order valence-electron chi connectivity index (χ3n) is 3.12. The summed E-state index contributed by atoms with van der Waals surface area (Å²) in [5.74, 6) is 1.17. The number of benzene rings is 3. The van der Waals surface area contributed by atoms with Gasteiger partial charge in [-0.3, -0.25) is 0 Å². The molecule has 0 aliphatic rings. The highest BCUT2D eigenvalue weighted by molar-refractivity contribution is 5.35. The minimum Gasteiger partial charge on any atom is -0.489 e. The Hall–Kier alpha value is -2.81. The minimum absolute atomic E-state index is 0.195. The van der Waals surface area contributed by atoms with Gasteiger partial charge in [0.25, 0.3) is 0 Å². The average molecular weight is 294 g/mol. The first kappa shape index (κ1) is 14.1. The largest absolute Gasteiger partial charge is 0.489 e. The molecule has 0 radical (unpaired) electrons. The lowest BCUT2D eigenvalue weighted by Gasteiger charge is -2.10. The van der Waals surface area contributed by atoms with E-state index in [1.165, 1.54) is 6.07 Å². The molecule has 0 aliphatic heterocycles. The summed E-state index contributed by atoms with van der Waals surface area (Å²) in [6.45, 7) is 0.357. The molecule has 0 aromatic heterocycles. The van der Waals surface area contributed by atoms with Gasteiger partial charge in [0.2, 0.25) is 0 Å². The number of rotatable bonds is 5. The monoisotopic (exact) mass is 294 g/mol. The van der Waals surface area contributed by atoms with E-state index >= 15 is 0 Å². The van der Waals surface area contributed by atoms with E-state index in [0.717, 1.165) is 11.3 Å². The lowest BCUT2D eigenvalue weighted by atomic mass is 10.2. The summed E-state index contributed by atoms with van der Waals surface area (Å²) >= 11 is 0. The highest BCUT2D eigenvalue weighted by Gasteiger charge is 2.07. The molecule has 0 unspecified atom stereocenters. The fourth-order valence-electron chi connectivity index (χ4n) is 2.01. The van der Waals surface area contributed by atoms with Crippen LogP contribution in [0.5, 0.6) is 17.2 Å². The van der Waals surface area contributed by atoms with E-state index in [2.05, 4.69) is 0 Å². The van der Waals surface area contributed by atoms with Crippen molar-refractivity contribution >= 4 is 0 Å². The van der Waals surface area contributed by atoms with Gasteiger partial charge in [0.05, 0.1) is 0 Å². The molecule has 3 aromatic rings. The van der Waals surface area contributed by atoms with Crippen molar-refractivity contribution in [2.75, 3.05) is 0 Å². The Labute approximate surface area is 128 Å². The molecule has 3 aromatic carbocycles. The predicted octanol–water partition coefficient (Wildman–Crippen LogP) is 5.20. The van der Waals surface area contributed by atoms with Crippen LogP contribution in [0, 0.1) is 5.82 Å². The van der Waals surface area contributed by atoms with Crippen molar-refractivity contribution < 1.29 is 13.9 Å². The van der Waals surface area contributed by atoms with Gasteiger partial charge < -0.3 is 9.47 Å². The Kier molecular flexibility index (Phi) is 4.35. The molecular weight excluding hydrogens is 279 g/mol. The summed E-state index contributed by atoms with van der Waals surface area (Å²) in [6.07, 6.45) is 0. The zero-order valence-electron chi connectivity index (χ0n) is 11.9. The van der Waals surface area contributed by atoms with Crippen molar-refractivity contribution in [3.63, 3.8) is 0 Å². The SMILES string of the molecule is Fc1ccc(COc2ccccc2)cc1Oc1ccccc1. The number of hydrogen-bond donors (Lipinski definition) is 0. The first-order valence-electron chi connectivity index (χ1n) is 7.00. The summed E-state index contributed by atoms with van der Waals surface area (Å²) in [6, 6.07) is 23.4. The third kappa shape index (κ3) is 3.64. The van der Waals surface area contributed by atoms with Crippen LogP contribution >= 0.6 is 0 Å². The van der Waals surface area contributed by atoms with Gasteiger partial charge in [-0.15, -0.1) is 0 Å². The van der Waals surface area contributed by atoms with Crippen LogP contribution in [0.25, 0.3) is 0 Å². The first-order valence-corrected chi connectivity index (χ1v) is 7.00. The Morgan fingerprint density at radius 2 is 1.36 bits per heavy atom. The molecule has 0 saturated heterocycles. The predicted molar refractivity (Wildman–Crippen MR) is 83.7 cm³/mol. The van der Waals surface area contributed by atoms with E-state index < -0.39 is 5.82 Å². The Morgan fingerprint density at radius 3 is 2.05 bits per heavy atom. The van der Waals surface area contributed by atoms with E-state index in [4.69, 9.17) is 9.47 Å². The number of halogens is 1. The fraction of sp³-hybridized carbons (Fsp3) is 0.0526. The van der Waals surface area contributed by atoms with Gasteiger partial charge in [0.1, 0.15) is 18.1 Å². The van der Waals surface area contributed by atoms with Gasteiger partial charge in [-0.1, -0.05) is 42.5 Å². The molecular formula is C19H15FO2. The summed E-state index contributed by atoms with van der Waals surface area (Å²) < 4.78 is 25.1. The van der Waals surface area contributed by atoms with Crippen LogP contribution in [0.1, 0.15) is 5.56 Å². The topological polar surface area (TPSA) is 18.5 Å². The molecule has 0 fully saturated rings. The fourth-order valence-corrected chi connectivity index (χ4v) is 2.01. The maximum atomic E-state index is 13.9. The molecule has 0 N–H and O–H groups in total. The highest BCUT2D eigenvalue weighted by atomic mass is 19.1. The molecule has 2 nitrogen and oxygen atoms in total. The van der Waals surface area contributed by atoms with Crippen LogP contribution in [-0.2, 0) is 6.61 Å². The number of para-hydroxylation sites is 2. The van der Waals surface area contributed by atoms with Crippen molar-refractivity contribution in [1.29, 1.82) is 0 Å². The third-order valence-corrected chi connectivity index (χ3v) is 3.12. The standard InChI is InChI=1S/C19H15FO2/c20-18-12-11-15(14-21-16-7-3-1-4-8-16)13-19(18)22-17-9-5-2-6-10-17/h1-13H,14H2. The van der Waals surface area contributed by atoms with Crippen LogP contribution in [-0.4, -0.2) is 0 Å². The first-order chi connectivity index (χ1) is 10.8. The Morgan fingerprint density at radius 1 is 0.727 bits per heavy atom. The van der Waals surface area contributed by atoms with Crippen LogP contribution < -0.4 is 9.47 Å². The molecule has 0 amide bonds. The van der Waals surface area contributed by atoms with Gasteiger partial charge in [-0.05, 0) is 42.0 Å². The van der Waals surface area contributed by atoms with E-state index in [0.29, 0.717) is 12.4 Å². The van der Waals surface area contributed by atoms with Crippen LogP contribution in [0.4, 0.5) is 4.39 Å². The second-order valence-corrected chi connectivity index (χ2v) is 4.78.